The SMILES string of the molecule is S=C(Nc1cccc(Cl)c1)N1CCC(c2nc3ccccc3[nH]2)CC1. The molecule has 2 heterocycles. The van der Waals surface area contributed by atoms with Crippen LogP contribution in [0.4, 0.5) is 5.69 Å². The highest BCUT2D eigenvalue weighted by Crippen LogP contribution is 2.28. The Morgan fingerprint density at radius 3 is 2.72 bits per heavy atom. The fourth-order valence-corrected chi connectivity index (χ4v) is 3.78. The normalized spacial score (nSPS) is 15.5. The highest BCUT2D eigenvalue weighted by molar-refractivity contribution is 7.80. The van der Waals surface area contributed by atoms with Crippen molar-refractivity contribution in [1.29, 1.82) is 0 Å². The minimum absolute atomic E-state index is 0.456. The van der Waals surface area contributed by atoms with E-state index in [9.17, 15) is 0 Å². The lowest BCUT2D eigenvalue weighted by Gasteiger charge is -2.33. The van der Waals surface area contributed by atoms with E-state index in [1.165, 1.54) is 0 Å². The summed E-state index contributed by atoms with van der Waals surface area (Å²) in [6, 6.07) is 15.8. The monoisotopic (exact) mass is 370 g/mol. The van der Waals surface area contributed by atoms with Gasteiger partial charge in [0.25, 0.3) is 0 Å². The van der Waals surface area contributed by atoms with Gasteiger partial charge in [-0.2, -0.15) is 0 Å². The number of anilines is 1. The standard InChI is InChI=1S/C19H19ClN4S/c20-14-4-3-5-15(12-14)21-19(25)24-10-8-13(9-11-24)18-22-16-6-1-2-7-17(16)23-18/h1-7,12-13H,8-11H2,(H,21,25)(H,22,23). The molecule has 1 saturated heterocycles. The van der Waals surface area contributed by atoms with Gasteiger partial charge >= 0.3 is 0 Å². The third kappa shape index (κ3) is 3.62. The molecule has 0 radical (unpaired) electrons. The second-order valence-corrected chi connectivity index (χ2v) is 7.16. The molecule has 2 aromatic carbocycles. The number of benzene rings is 2. The average molecular weight is 371 g/mol. The first-order valence-electron chi connectivity index (χ1n) is 8.45. The van der Waals surface area contributed by atoms with Crippen LogP contribution in [-0.2, 0) is 0 Å². The summed E-state index contributed by atoms with van der Waals surface area (Å²) in [6.45, 7) is 1.85. The summed E-state index contributed by atoms with van der Waals surface area (Å²) >= 11 is 11.6. The number of fused-ring (bicyclic) bond motifs is 1. The Kier molecular flexibility index (Phi) is 4.59. The number of rotatable bonds is 2. The summed E-state index contributed by atoms with van der Waals surface area (Å²) in [6.07, 6.45) is 2.08. The quantitative estimate of drug-likeness (QED) is 0.636. The molecule has 1 fully saturated rings. The van der Waals surface area contributed by atoms with E-state index in [4.69, 9.17) is 28.8 Å². The maximum absolute atomic E-state index is 6.03. The van der Waals surface area contributed by atoms with Crippen LogP contribution in [0.15, 0.2) is 48.5 Å². The maximum atomic E-state index is 6.03. The van der Waals surface area contributed by atoms with Gasteiger partial charge in [0.05, 0.1) is 11.0 Å². The van der Waals surface area contributed by atoms with Crippen LogP contribution >= 0.6 is 23.8 Å². The number of aromatic nitrogens is 2. The molecular weight excluding hydrogens is 352 g/mol. The van der Waals surface area contributed by atoms with Crippen molar-refractivity contribution in [3.05, 3.63) is 59.4 Å². The third-order valence-corrected chi connectivity index (χ3v) is 5.25. The van der Waals surface area contributed by atoms with Crippen molar-refractivity contribution in [2.45, 2.75) is 18.8 Å². The van der Waals surface area contributed by atoms with Crippen LogP contribution < -0.4 is 5.32 Å². The number of hydrogen-bond acceptors (Lipinski definition) is 2. The van der Waals surface area contributed by atoms with Gasteiger partial charge in [0.2, 0.25) is 0 Å². The molecule has 25 heavy (non-hydrogen) atoms. The van der Waals surface area contributed by atoms with Crippen molar-refractivity contribution < 1.29 is 0 Å². The van der Waals surface area contributed by atoms with Crippen LogP contribution in [0.5, 0.6) is 0 Å². The number of thiocarbonyl (C=S) groups is 1. The Hall–Kier alpha value is -2.11. The summed E-state index contributed by atoms with van der Waals surface area (Å²) in [7, 11) is 0. The molecule has 0 unspecified atom stereocenters. The van der Waals surface area contributed by atoms with Crippen LogP contribution in [0, 0.1) is 0 Å². The van der Waals surface area contributed by atoms with Gasteiger partial charge in [-0.25, -0.2) is 4.98 Å². The van der Waals surface area contributed by atoms with E-state index < -0.39 is 0 Å². The molecule has 0 bridgehead atoms. The molecule has 1 aliphatic heterocycles. The van der Waals surface area contributed by atoms with Crippen LogP contribution in [0.1, 0.15) is 24.6 Å². The van der Waals surface area contributed by atoms with Gasteiger partial charge in [0.1, 0.15) is 5.82 Å². The molecule has 1 aliphatic rings. The number of nitrogens with zero attached hydrogens (tertiary/aromatic N) is 2. The number of nitrogens with one attached hydrogen (secondary N) is 2. The topological polar surface area (TPSA) is 44.0 Å². The van der Waals surface area contributed by atoms with E-state index in [1.807, 2.05) is 36.4 Å². The van der Waals surface area contributed by atoms with Crippen LogP contribution in [0.2, 0.25) is 5.02 Å². The van der Waals surface area contributed by atoms with Gasteiger partial charge in [-0.1, -0.05) is 29.8 Å². The van der Waals surface area contributed by atoms with Gasteiger partial charge in [-0.15, -0.1) is 0 Å². The van der Waals surface area contributed by atoms with E-state index in [2.05, 4.69) is 27.3 Å². The van der Waals surface area contributed by atoms with Gasteiger partial charge in [-0.05, 0) is 55.4 Å². The van der Waals surface area contributed by atoms with Crippen LogP contribution in [-0.4, -0.2) is 33.1 Å². The van der Waals surface area contributed by atoms with E-state index >= 15 is 0 Å². The number of para-hydroxylation sites is 2. The van der Waals surface area contributed by atoms with Gasteiger partial charge in [-0.3, -0.25) is 0 Å². The molecule has 2 N–H and O–H groups in total. The molecule has 0 atom stereocenters. The first-order chi connectivity index (χ1) is 12.2. The minimum Gasteiger partial charge on any atom is -0.349 e. The van der Waals surface area contributed by atoms with E-state index in [0.29, 0.717) is 10.9 Å². The lowest BCUT2D eigenvalue weighted by atomic mass is 9.96. The number of piperidine rings is 1. The largest absolute Gasteiger partial charge is 0.349 e. The molecule has 4 nitrogen and oxygen atoms in total. The number of likely N-dealkylation sites (tertiary alicyclic amines) is 1. The number of H-pyrrole nitrogens is 1. The number of imidazole rings is 1. The fourth-order valence-electron chi connectivity index (χ4n) is 3.29. The molecular formula is C19H19ClN4S. The van der Waals surface area contributed by atoms with Crippen molar-refractivity contribution in [3.63, 3.8) is 0 Å². The van der Waals surface area contributed by atoms with Crippen molar-refractivity contribution in [2.75, 3.05) is 18.4 Å². The van der Waals surface area contributed by atoms with Crippen molar-refractivity contribution in [2.24, 2.45) is 0 Å². The number of aromatic amines is 1. The molecule has 4 rings (SSSR count). The Morgan fingerprint density at radius 2 is 1.96 bits per heavy atom. The van der Waals surface area contributed by atoms with E-state index in [0.717, 1.165) is 53.6 Å². The zero-order valence-electron chi connectivity index (χ0n) is 13.7. The van der Waals surface area contributed by atoms with Crippen molar-refractivity contribution >= 4 is 45.7 Å². The predicted octanol–water partition coefficient (Wildman–Crippen LogP) is 4.79. The predicted molar refractivity (Wildman–Crippen MR) is 107 cm³/mol. The molecule has 0 saturated carbocycles. The molecule has 0 aliphatic carbocycles. The molecule has 128 valence electrons. The number of hydrogen-bond donors (Lipinski definition) is 2. The van der Waals surface area contributed by atoms with E-state index in [-0.39, 0.29) is 0 Å². The molecule has 6 heteroatoms. The van der Waals surface area contributed by atoms with Crippen molar-refractivity contribution in [1.82, 2.24) is 14.9 Å². The smallest absolute Gasteiger partial charge is 0.173 e. The summed E-state index contributed by atoms with van der Waals surface area (Å²) in [5.41, 5.74) is 3.08. The molecule has 1 aromatic heterocycles. The summed E-state index contributed by atoms with van der Waals surface area (Å²) in [5.74, 6) is 1.55. The third-order valence-electron chi connectivity index (χ3n) is 4.65. The summed E-state index contributed by atoms with van der Waals surface area (Å²) < 4.78 is 0. The second-order valence-electron chi connectivity index (χ2n) is 6.34. The zero-order chi connectivity index (χ0) is 17.2. The highest BCUT2D eigenvalue weighted by atomic mass is 35.5. The summed E-state index contributed by atoms with van der Waals surface area (Å²) in [4.78, 5) is 10.4. The molecule has 3 aromatic rings. The Bertz CT molecular complexity index is 866. The van der Waals surface area contributed by atoms with Crippen LogP contribution in [0.3, 0.4) is 0 Å². The zero-order valence-corrected chi connectivity index (χ0v) is 15.3. The number of halogens is 1. The van der Waals surface area contributed by atoms with Gasteiger partial charge in [0, 0.05) is 29.7 Å². The Morgan fingerprint density at radius 1 is 1.16 bits per heavy atom. The first-order valence-corrected chi connectivity index (χ1v) is 9.24. The van der Waals surface area contributed by atoms with Crippen LogP contribution in [0.25, 0.3) is 11.0 Å². The molecule has 0 spiro atoms. The lowest BCUT2D eigenvalue weighted by molar-refractivity contribution is 0.311. The molecule has 0 amide bonds. The fraction of sp³-hybridized carbons (Fsp3) is 0.263. The second kappa shape index (κ2) is 7.02. The Labute approximate surface area is 157 Å². The van der Waals surface area contributed by atoms with Crippen molar-refractivity contribution in [3.8, 4) is 0 Å². The highest BCUT2D eigenvalue weighted by Gasteiger charge is 2.24. The summed E-state index contributed by atoms with van der Waals surface area (Å²) in [5, 5.41) is 4.74. The van der Waals surface area contributed by atoms with Gasteiger partial charge < -0.3 is 15.2 Å². The lowest BCUT2D eigenvalue weighted by Crippen LogP contribution is -2.40. The maximum Gasteiger partial charge on any atom is 0.173 e. The average Bonchev–Trinajstić information content (AvgIpc) is 3.06. The van der Waals surface area contributed by atoms with Gasteiger partial charge in [0.15, 0.2) is 5.11 Å². The van der Waals surface area contributed by atoms with E-state index in [1.54, 1.807) is 0 Å². The minimum atomic E-state index is 0.456. The first kappa shape index (κ1) is 16.4. The Balaban J connectivity index is 1.38.